The lowest BCUT2D eigenvalue weighted by molar-refractivity contribution is 0.473. The predicted molar refractivity (Wildman–Crippen MR) is 77.0 cm³/mol. The lowest BCUT2D eigenvalue weighted by atomic mass is 10.0. The summed E-state index contributed by atoms with van der Waals surface area (Å²) in [5.41, 5.74) is 3.48. The lowest BCUT2D eigenvalue weighted by Crippen LogP contribution is -2.21. The molecule has 0 aliphatic rings. The molecule has 0 bridgehead atoms. The zero-order valence-electron chi connectivity index (χ0n) is 11.4. The monoisotopic (exact) mass is 256 g/mol. The van der Waals surface area contributed by atoms with Gasteiger partial charge in [0.05, 0.1) is 5.69 Å². The molecule has 3 heteroatoms. The van der Waals surface area contributed by atoms with Crippen LogP contribution < -0.4 is 5.32 Å². The molecular formula is C16H20N2O. The van der Waals surface area contributed by atoms with E-state index in [1.807, 2.05) is 24.4 Å². The third-order valence-electron chi connectivity index (χ3n) is 3.34. The number of hydrogen-bond donors (Lipinski definition) is 2. The van der Waals surface area contributed by atoms with Crippen molar-refractivity contribution in [3.8, 4) is 5.75 Å². The molecule has 0 aliphatic heterocycles. The standard InChI is InChI=1S/C16H20N2O/c1-3-15(13-6-8-14(19)9-7-13)18-11-16-12(2)5-4-10-17-16/h4-10,15,18-19H,3,11H2,1-2H3. The van der Waals surface area contributed by atoms with E-state index < -0.39 is 0 Å². The van der Waals surface area contributed by atoms with Crippen LogP contribution in [0.2, 0.25) is 0 Å². The number of aromatic hydroxyl groups is 1. The maximum Gasteiger partial charge on any atom is 0.115 e. The molecule has 2 aromatic rings. The van der Waals surface area contributed by atoms with Crippen LogP contribution >= 0.6 is 0 Å². The number of aryl methyl sites for hydroxylation is 1. The first-order chi connectivity index (χ1) is 9.20. The summed E-state index contributed by atoms with van der Waals surface area (Å²) in [6.07, 6.45) is 2.82. The predicted octanol–water partition coefficient (Wildman–Crippen LogP) is 3.34. The summed E-state index contributed by atoms with van der Waals surface area (Å²) in [5, 5.41) is 12.8. The van der Waals surface area contributed by atoms with Crippen LogP contribution in [0.4, 0.5) is 0 Å². The van der Waals surface area contributed by atoms with Gasteiger partial charge in [0.1, 0.15) is 5.75 Å². The van der Waals surface area contributed by atoms with E-state index in [9.17, 15) is 5.11 Å². The average molecular weight is 256 g/mol. The fourth-order valence-corrected chi connectivity index (χ4v) is 2.13. The molecule has 100 valence electrons. The van der Waals surface area contributed by atoms with Gasteiger partial charge in [-0.15, -0.1) is 0 Å². The van der Waals surface area contributed by atoms with E-state index in [1.54, 1.807) is 12.1 Å². The summed E-state index contributed by atoms with van der Waals surface area (Å²) in [4.78, 5) is 4.39. The first kappa shape index (κ1) is 13.6. The molecule has 0 saturated heterocycles. The van der Waals surface area contributed by atoms with Crippen molar-refractivity contribution in [2.24, 2.45) is 0 Å². The molecule has 0 saturated carbocycles. The highest BCUT2D eigenvalue weighted by atomic mass is 16.3. The molecule has 1 aromatic heterocycles. The van der Waals surface area contributed by atoms with Crippen molar-refractivity contribution in [2.45, 2.75) is 32.9 Å². The van der Waals surface area contributed by atoms with Crippen LogP contribution in [0.1, 0.15) is 36.2 Å². The van der Waals surface area contributed by atoms with Crippen molar-refractivity contribution in [3.05, 3.63) is 59.4 Å². The van der Waals surface area contributed by atoms with E-state index in [0.29, 0.717) is 5.75 Å². The summed E-state index contributed by atoms with van der Waals surface area (Å²) in [5.74, 6) is 0.305. The topological polar surface area (TPSA) is 45.2 Å². The SMILES string of the molecule is CCC(NCc1ncccc1C)c1ccc(O)cc1. The second kappa shape index (κ2) is 6.34. The van der Waals surface area contributed by atoms with Crippen molar-refractivity contribution in [3.63, 3.8) is 0 Å². The van der Waals surface area contributed by atoms with Gasteiger partial charge in [-0.05, 0) is 42.7 Å². The highest BCUT2D eigenvalue weighted by Crippen LogP contribution is 2.20. The Kier molecular flexibility index (Phi) is 4.53. The molecule has 19 heavy (non-hydrogen) atoms. The van der Waals surface area contributed by atoms with E-state index in [4.69, 9.17) is 0 Å². The highest BCUT2D eigenvalue weighted by Gasteiger charge is 2.09. The van der Waals surface area contributed by atoms with Gasteiger partial charge in [0.2, 0.25) is 0 Å². The number of hydrogen-bond acceptors (Lipinski definition) is 3. The van der Waals surface area contributed by atoms with Crippen LogP contribution in [0.15, 0.2) is 42.6 Å². The van der Waals surface area contributed by atoms with Crippen LogP contribution in [0.3, 0.4) is 0 Å². The fraction of sp³-hybridized carbons (Fsp3) is 0.312. The van der Waals surface area contributed by atoms with Crippen LogP contribution in [0.25, 0.3) is 0 Å². The van der Waals surface area contributed by atoms with E-state index >= 15 is 0 Å². The zero-order valence-corrected chi connectivity index (χ0v) is 11.4. The molecular weight excluding hydrogens is 236 g/mol. The number of pyridine rings is 1. The summed E-state index contributed by atoms with van der Waals surface area (Å²) in [6.45, 7) is 4.98. The van der Waals surface area contributed by atoms with Gasteiger partial charge >= 0.3 is 0 Å². The number of phenolic OH excluding ortho intramolecular Hbond substituents is 1. The number of benzene rings is 1. The number of nitrogens with one attached hydrogen (secondary N) is 1. The Labute approximate surface area is 114 Å². The molecule has 3 nitrogen and oxygen atoms in total. The Morgan fingerprint density at radius 1 is 1.21 bits per heavy atom. The van der Waals surface area contributed by atoms with Crippen molar-refractivity contribution >= 4 is 0 Å². The van der Waals surface area contributed by atoms with E-state index in [0.717, 1.165) is 18.7 Å². The Bertz CT molecular complexity index is 523. The fourth-order valence-electron chi connectivity index (χ4n) is 2.13. The van der Waals surface area contributed by atoms with Crippen molar-refractivity contribution in [1.82, 2.24) is 10.3 Å². The summed E-state index contributed by atoms with van der Waals surface area (Å²) >= 11 is 0. The maximum atomic E-state index is 9.33. The minimum atomic E-state index is 0.280. The second-order valence-corrected chi connectivity index (χ2v) is 4.70. The Morgan fingerprint density at radius 2 is 1.95 bits per heavy atom. The van der Waals surface area contributed by atoms with Gasteiger partial charge in [-0.3, -0.25) is 4.98 Å². The molecule has 0 amide bonds. The molecule has 0 aliphatic carbocycles. The minimum Gasteiger partial charge on any atom is -0.508 e. The third-order valence-corrected chi connectivity index (χ3v) is 3.34. The maximum absolute atomic E-state index is 9.33. The van der Waals surface area contributed by atoms with Gasteiger partial charge in [-0.25, -0.2) is 0 Å². The van der Waals surface area contributed by atoms with Gasteiger partial charge < -0.3 is 10.4 Å². The molecule has 0 fully saturated rings. The van der Waals surface area contributed by atoms with E-state index in [-0.39, 0.29) is 6.04 Å². The minimum absolute atomic E-state index is 0.280. The molecule has 1 aromatic carbocycles. The van der Waals surface area contributed by atoms with E-state index in [1.165, 1.54) is 11.1 Å². The first-order valence-electron chi connectivity index (χ1n) is 6.63. The van der Waals surface area contributed by atoms with Crippen LogP contribution in [-0.4, -0.2) is 10.1 Å². The number of rotatable bonds is 5. The number of aromatic nitrogens is 1. The highest BCUT2D eigenvalue weighted by molar-refractivity contribution is 5.28. The summed E-state index contributed by atoms with van der Waals surface area (Å²) in [7, 11) is 0. The zero-order chi connectivity index (χ0) is 13.7. The van der Waals surface area contributed by atoms with Crippen LogP contribution in [-0.2, 0) is 6.54 Å². The number of phenols is 1. The number of nitrogens with zero attached hydrogens (tertiary/aromatic N) is 1. The molecule has 0 radical (unpaired) electrons. The molecule has 2 N–H and O–H groups in total. The Hall–Kier alpha value is -1.87. The van der Waals surface area contributed by atoms with Gasteiger partial charge in [-0.1, -0.05) is 25.1 Å². The van der Waals surface area contributed by atoms with Crippen molar-refractivity contribution in [2.75, 3.05) is 0 Å². The van der Waals surface area contributed by atoms with Crippen molar-refractivity contribution < 1.29 is 5.11 Å². The molecule has 1 atom stereocenters. The normalized spacial score (nSPS) is 12.3. The Morgan fingerprint density at radius 3 is 2.58 bits per heavy atom. The summed E-state index contributed by atoms with van der Waals surface area (Å²) < 4.78 is 0. The van der Waals surface area contributed by atoms with Gasteiger partial charge in [-0.2, -0.15) is 0 Å². The molecule has 1 heterocycles. The summed E-state index contributed by atoms with van der Waals surface area (Å²) in [6, 6.07) is 11.7. The van der Waals surface area contributed by atoms with E-state index in [2.05, 4.69) is 30.2 Å². The molecule has 2 rings (SSSR count). The van der Waals surface area contributed by atoms with Gasteiger partial charge in [0.25, 0.3) is 0 Å². The second-order valence-electron chi connectivity index (χ2n) is 4.70. The Balaban J connectivity index is 2.04. The average Bonchev–Trinajstić information content (AvgIpc) is 2.43. The first-order valence-corrected chi connectivity index (χ1v) is 6.63. The van der Waals surface area contributed by atoms with Crippen molar-refractivity contribution in [1.29, 1.82) is 0 Å². The largest absolute Gasteiger partial charge is 0.508 e. The molecule has 0 spiro atoms. The molecule has 1 unspecified atom stereocenters. The smallest absolute Gasteiger partial charge is 0.115 e. The van der Waals surface area contributed by atoms with Crippen LogP contribution in [0, 0.1) is 6.92 Å². The van der Waals surface area contributed by atoms with Crippen LogP contribution in [0.5, 0.6) is 5.75 Å². The van der Waals surface area contributed by atoms with Gasteiger partial charge in [0, 0.05) is 18.8 Å². The lowest BCUT2D eigenvalue weighted by Gasteiger charge is -2.18. The van der Waals surface area contributed by atoms with Gasteiger partial charge in [0.15, 0.2) is 0 Å². The quantitative estimate of drug-likeness (QED) is 0.862. The third kappa shape index (κ3) is 3.55.